The van der Waals surface area contributed by atoms with Gasteiger partial charge in [-0.05, 0) is 18.1 Å². The average molecular weight is 493 g/mol. The molecule has 2 fully saturated rings. The molecule has 0 spiro atoms. The van der Waals surface area contributed by atoms with E-state index in [1.165, 1.54) is 14.1 Å². The fourth-order valence-electron chi connectivity index (χ4n) is 3.71. The minimum atomic E-state index is -3.94. The summed E-state index contributed by atoms with van der Waals surface area (Å²) in [6, 6.07) is -0.416. The van der Waals surface area contributed by atoms with Crippen molar-refractivity contribution in [2.45, 2.75) is 18.9 Å². The molecule has 1 aromatic carbocycles. The van der Waals surface area contributed by atoms with Crippen molar-refractivity contribution in [3.63, 3.8) is 0 Å². The Morgan fingerprint density at radius 3 is 2.18 bits per heavy atom. The van der Waals surface area contributed by atoms with Crippen LogP contribution in [0.25, 0.3) is 0 Å². The van der Waals surface area contributed by atoms with Crippen molar-refractivity contribution in [2.75, 3.05) is 52.4 Å². The number of nitrogens with one attached hydrogen (secondary N) is 2. The molecule has 184 valence electrons. The molecule has 3 amide bonds. The fraction of sp³-hybridized carbons (Fsp3) is 0.579. The second-order valence-electron chi connectivity index (χ2n) is 7.96. The lowest BCUT2D eigenvalue weighted by atomic mass is 10.0. The summed E-state index contributed by atoms with van der Waals surface area (Å²) >= 11 is 0. The monoisotopic (exact) mass is 492 g/mol. The minimum absolute atomic E-state index is 0.124. The maximum Gasteiger partial charge on any atom is 0.332 e. The van der Waals surface area contributed by atoms with Crippen LogP contribution in [0.1, 0.15) is 12.0 Å². The number of nitrogens with two attached hydrogens (primary N) is 1. The molecule has 33 heavy (non-hydrogen) atoms. The van der Waals surface area contributed by atoms with E-state index in [1.54, 1.807) is 0 Å². The van der Waals surface area contributed by atoms with E-state index in [2.05, 4.69) is 10.0 Å². The van der Waals surface area contributed by atoms with Gasteiger partial charge in [0.15, 0.2) is 11.6 Å². The highest BCUT2D eigenvalue weighted by Gasteiger charge is 2.30. The maximum atomic E-state index is 13.8. The Morgan fingerprint density at radius 1 is 0.970 bits per heavy atom. The first kappa shape index (κ1) is 25.2. The summed E-state index contributed by atoms with van der Waals surface area (Å²) in [5.74, 6) is -3.77. The van der Waals surface area contributed by atoms with E-state index in [9.17, 15) is 31.2 Å². The highest BCUT2D eigenvalue weighted by Crippen LogP contribution is 2.16. The number of hydrogen-bond donors (Lipinski definition) is 3. The molecular formula is C19H27F3N6O4S. The molecule has 2 heterocycles. The first-order valence-corrected chi connectivity index (χ1v) is 11.9. The Hall–Kier alpha value is -2.42. The van der Waals surface area contributed by atoms with Crippen LogP contribution in [0.3, 0.4) is 0 Å². The normalized spacial score (nSPS) is 18.8. The lowest BCUT2D eigenvalue weighted by Crippen LogP contribution is -2.57. The van der Waals surface area contributed by atoms with Crippen LogP contribution in [-0.4, -0.2) is 92.9 Å². The number of rotatable bonds is 6. The van der Waals surface area contributed by atoms with E-state index in [0.717, 1.165) is 6.07 Å². The second-order valence-corrected chi connectivity index (χ2v) is 9.63. The molecule has 2 aliphatic heterocycles. The van der Waals surface area contributed by atoms with Crippen LogP contribution in [0.5, 0.6) is 0 Å². The van der Waals surface area contributed by atoms with Gasteiger partial charge in [0.2, 0.25) is 5.91 Å². The Kier molecular flexibility index (Phi) is 8.15. The Morgan fingerprint density at radius 2 is 1.55 bits per heavy atom. The van der Waals surface area contributed by atoms with E-state index in [0.29, 0.717) is 19.2 Å². The number of carbonyl (C=O) groups excluding carboxylic acids is 2. The minimum Gasteiger partial charge on any atom is -0.339 e. The largest absolute Gasteiger partial charge is 0.339 e. The lowest BCUT2D eigenvalue weighted by molar-refractivity contribution is -0.132. The van der Waals surface area contributed by atoms with Crippen LogP contribution in [-0.2, 0) is 21.4 Å². The number of nitrogens with zero attached hydrogens (tertiary/aromatic N) is 3. The van der Waals surface area contributed by atoms with Gasteiger partial charge in [0.1, 0.15) is 5.82 Å². The highest BCUT2D eigenvalue weighted by atomic mass is 32.2. The Balaban J connectivity index is 1.46. The zero-order valence-electron chi connectivity index (χ0n) is 17.9. The van der Waals surface area contributed by atoms with Crippen LogP contribution in [0.15, 0.2) is 12.1 Å². The van der Waals surface area contributed by atoms with E-state index in [4.69, 9.17) is 5.73 Å². The fourth-order valence-corrected chi connectivity index (χ4v) is 4.85. The van der Waals surface area contributed by atoms with Gasteiger partial charge < -0.3 is 20.9 Å². The molecule has 0 bridgehead atoms. The first-order valence-electron chi connectivity index (χ1n) is 10.5. The van der Waals surface area contributed by atoms with E-state index in [-0.39, 0.29) is 63.6 Å². The van der Waals surface area contributed by atoms with Crippen molar-refractivity contribution in [1.29, 1.82) is 0 Å². The number of benzene rings is 1. The number of halogens is 3. The topological polar surface area (TPSA) is 128 Å². The van der Waals surface area contributed by atoms with Crippen molar-refractivity contribution < 1.29 is 31.2 Å². The standard InChI is InChI=1S/C19H27F3N6O4S/c20-15-12-17(22)16(21)10-13(15)9-14(23)11-18(29)26-5-7-27(8-6-26)19(30)25-33(31,32)28-3-1-24-2-4-28/h10,12,14,24H,1-9,11,23H2,(H,25,30)/t14-/m1/s1. The van der Waals surface area contributed by atoms with Crippen LogP contribution < -0.4 is 15.8 Å². The van der Waals surface area contributed by atoms with Gasteiger partial charge in [0.05, 0.1) is 0 Å². The number of hydrogen-bond acceptors (Lipinski definition) is 6. The summed E-state index contributed by atoms with van der Waals surface area (Å²) in [6.07, 6.45) is -0.303. The summed E-state index contributed by atoms with van der Waals surface area (Å²) < 4.78 is 68.1. The van der Waals surface area contributed by atoms with Gasteiger partial charge in [-0.25, -0.2) is 22.7 Å². The molecule has 0 unspecified atom stereocenters. The maximum absolute atomic E-state index is 13.8. The zero-order valence-corrected chi connectivity index (χ0v) is 18.7. The van der Waals surface area contributed by atoms with Gasteiger partial charge in [0, 0.05) is 70.9 Å². The molecule has 1 aromatic rings. The van der Waals surface area contributed by atoms with Crippen LogP contribution in [0.4, 0.5) is 18.0 Å². The number of carbonyl (C=O) groups is 2. The number of piperazine rings is 2. The van der Waals surface area contributed by atoms with Gasteiger partial charge >= 0.3 is 16.2 Å². The quantitative estimate of drug-likeness (QED) is 0.454. The zero-order chi connectivity index (χ0) is 24.2. The predicted octanol–water partition coefficient (Wildman–Crippen LogP) is -0.632. The van der Waals surface area contributed by atoms with Crippen molar-refractivity contribution in [3.8, 4) is 0 Å². The Bertz CT molecular complexity index is 982. The summed E-state index contributed by atoms with van der Waals surface area (Å²) in [6.45, 7) is 2.13. The van der Waals surface area contributed by atoms with Gasteiger partial charge in [0.25, 0.3) is 0 Å². The Labute approximate surface area is 190 Å². The predicted molar refractivity (Wildman–Crippen MR) is 113 cm³/mol. The summed E-state index contributed by atoms with van der Waals surface area (Å²) in [5, 5.41) is 3.03. The van der Waals surface area contributed by atoms with Crippen molar-refractivity contribution in [3.05, 3.63) is 35.1 Å². The molecule has 2 saturated heterocycles. The van der Waals surface area contributed by atoms with Crippen molar-refractivity contribution in [2.24, 2.45) is 5.73 Å². The third-order valence-electron chi connectivity index (χ3n) is 5.56. The van der Waals surface area contributed by atoms with Crippen LogP contribution in [0, 0.1) is 17.5 Å². The molecule has 1 atom stereocenters. The lowest BCUT2D eigenvalue weighted by Gasteiger charge is -2.35. The van der Waals surface area contributed by atoms with Gasteiger partial charge in [-0.15, -0.1) is 0 Å². The highest BCUT2D eigenvalue weighted by molar-refractivity contribution is 7.87. The molecule has 0 radical (unpaired) electrons. The molecule has 4 N–H and O–H groups in total. The van der Waals surface area contributed by atoms with Crippen LogP contribution in [0.2, 0.25) is 0 Å². The molecule has 14 heteroatoms. The molecule has 0 aliphatic carbocycles. The third kappa shape index (κ3) is 6.56. The summed E-state index contributed by atoms with van der Waals surface area (Å²) in [4.78, 5) is 27.7. The molecule has 0 saturated carbocycles. The van der Waals surface area contributed by atoms with Gasteiger partial charge in [-0.3, -0.25) is 4.79 Å². The number of amides is 3. The van der Waals surface area contributed by atoms with Gasteiger partial charge in [-0.1, -0.05) is 0 Å². The smallest absolute Gasteiger partial charge is 0.332 e. The van der Waals surface area contributed by atoms with E-state index < -0.39 is 39.7 Å². The molecule has 10 nitrogen and oxygen atoms in total. The first-order chi connectivity index (χ1) is 15.6. The van der Waals surface area contributed by atoms with Crippen molar-refractivity contribution >= 4 is 22.1 Å². The summed E-state index contributed by atoms with van der Waals surface area (Å²) in [5.41, 5.74) is 5.78. The van der Waals surface area contributed by atoms with E-state index >= 15 is 0 Å². The second kappa shape index (κ2) is 10.7. The molecule has 3 rings (SSSR count). The number of urea groups is 1. The third-order valence-corrected chi connectivity index (χ3v) is 7.04. The van der Waals surface area contributed by atoms with Crippen molar-refractivity contribution in [1.82, 2.24) is 24.1 Å². The molecule has 0 aromatic heterocycles. The molecular weight excluding hydrogens is 465 g/mol. The SMILES string of the molecule is N[C@@H](CC(=O)N1CCN(C(=O)NS(=O)(=O)N2CCNCC2)CC1)Cc1cc(F)c(F)cc1F. The van der Waals surface area contributed by atoms with Gasteiger partial charge in [-0.2, -0.15) is 12.7 Å². The summed E-state index contributed by atoms with van der Waals surface area (Å²) in [7, 11) is -3.94. The molecule has 2 aliphatic rings. The van der Waals surface area contributed by atoms with Crippen LogP contribution >= 0.6 is 0 Å². The van der Waals surface area contributed by atoms with E-state index in [1.807, 2.05) is 0 Å². The average Bonchev–Trinajstić information content (AvgIpc) is 2.78.